The van der Waals surface area contributed by atoms with Crippen molar-refractivity contribution in [1.29, 1.82) is 0 Å². The second kappa shape index (κ2) is 6.45. The fourth-order valence-electron chi connectivity index (χ4n) is 3.60. The molecule has 0 radical (unpaired) electrons. The monoisotopic (exact) mass is 270 g/mol. The van der Waals surface area contributed by atoms with Crippen LogP contribution in [-0.4, -0.2) is 11.0 Å². The van der Waals surface area contributed by atoms with E-state index in [0.29, 0.717) is 0 Å². The van der Waals surface area contributed by atoms with Crippen LogP contribution in [0.5, 0.6) is 0 Å². The summed E-state index contributed by atoms with van der Waals surface area (Å²) in [6.45, 7) is 3.30. The number of nitrogens with one attached hydrogen (secondary N) is 2. The fourth-order valence-corrected chi connectivity index (χ4v) is 3.60. The minimum Gasteiger partial charge on any atom is -0.361 e. The number of aromatic nitrogens is 1. The molecule has 0 spiro atoms. The number of fused-ring (bicyclic) bond motifs is 1. The van der Waals surface area contributed by atoms with Crippen molar-refractivity contribution < 1.29 is 0 Å². The van der Waals surface area contributed by atoms with Crippen molar-refractivity contribution in [2.75, 3.05) is 0 Å². The van der Waals surface area contributed by atoms with Crippen LogP contribution in [-0.2, 0) is 6.54 Å². The van der Waals surface area contributed by atoms with Gasteiger partial charge in [-0.3, -0.25) is 0 Å². The highest BCUT2D eigenvalue weighted by Crippen LogP contribution is 2.28. The van der Waals surface area contributed by atoms with Crippen LogP contribution in [0, 0.1) is 5.92 Å². The van der Waals surface area contributed by atoms with Crippen molar-refractivity contribution in [2.24, 2.45) is 5.92 Å². The van der Waals surface area contributed by atoms with Crippen molar-refractivity contribution in [2.45, 2.75) is 58.0 Å². The SMILES string of the molecule is CCCC1CCC(NCc2c[nH]c3ccccc23)CC1. The number of hydrogen-bond acceptors (Lipinski definition) is 1. The largest absolute Gasteiger partial charge is 0.361 e. The van der Waals surface area contributed by atoms with Crippen LogP contribution in [0.25, 0.3) is 10.9 Å². The first-order valence-electron chi connectivity index (χ1n) is 8.15. The molecule has 1 saturated carbocycles. The lowest BCUT2D eigenvalue weighted by Crippen LogP contribution is -2.32. The minimum absolute atomic E-state index is 0.719. The van der Waals surface area contributed by atoms with Gasteiger partial charge >= 0.3 is 0 Å². The lowest BCUT2D eigenvalue weighted by Gasteiger charge is -2.29. The van der Waals surface area contributed by atoms with Crippen molar-refractivity contribution in [1.82, 2.24) is 10.3 Å². The Balaban J connectivity index is 1.53. The fraction of sp³-hybridized carbons (Fsp3) is 0.556. The van der Waals surface area contributed by atoms with Gasteiger partial charge in [0.1, 0.15) is 0 Å². The maximum Gasteiger partial charge on any atom is 0.0457 e. The summed E-state index contributed by atoms with van der Waals surface area (Å²) in [6.07, 6.45) is 10.5. The molecule has 2 heteroatoms. The van der Waals surface area contributed by atoms with E-state index in [2.05, 4.69) is 47.7 Å². The summed E-state index contributed by atoms with van der Waals surface area (Å²) in [5.74, 6) is 0.992. The second-order valence-electron chi connectivity index (χ2n) is 6.25. The molecule has 1 aliphatic carbocycles. The van der Waals surface area contributed by atoms with Crippen molar-refractivity contribution in [3.63, 3.8) is 0 Å². The van der Waals surface area contributed by atoms with Gasteiger partial charge in [0, 0.05) is 29.7 Å². The summed E-state index contributed by atoms with van der Waals surface area (Å²) in [6, 6.07) is 9.29. The Morgan fingerprint density at radius 3 is 2.75 bits per heavy atom. The van der Waals surface area contributed by atoms with Gasteiger partial charge in [-0.25, -0.2) is 0 Å². The summed E-state index contributed by atoms with van der Waals surface area (Å²) in [4.78, 5) is 3.36. The Labute approximate surface area is 122 Å². The highest BCUT2D eigenvalue weighted by molar-refractivity contribution is 5.82. The van der Waals surface area contributed by atoms with Crippen LogP contribution in [0.3, 0.4) is 0 Å². The minimum atomic E-state index is 0.719. The molecular weight excluding hydrogens is 244 g/mol. The summed E-state index contributed by atoms with van der Waals surface area (Å²) in [7, 11) is 0. The molecule has 1 aromatic carbocycles. The van der Waals surface area contributed by atoms with E-state index >= 15 is 0 Å². The van der Waals surface area contributed by atoms with Crippen LogP contribution in [0.1, 0.15) is 51.0 Å². The molecule has 2 aromatic rings. The highest BCUT2D eigenvalue weighted by Gasteiger charge is 2.20. The van der Waals surface area contributed by atoms with E-state index in [1.807, 2.05) is 0 Å². The molecule has 2 nitrogen and oxygen atoms in total. The molecule has 0 aliphatic heterocycles. The number of hydrogen-bond donors (Lipinski definition) is 2. The van der Waals surface area contributed by atoms with Gasteiger partial charge in [0.25, 0.3) is 0 Å². The second-order valence-corrected chi connectivity index (χ2v) is 6.25. The topological polar surface area (TPSA) is 27.8 Å². The van der Waals surface area contributed by atoms with E-state index in [-0.39, 0.29) is 0 Å². The Hall–Kier alpha value is -1.28. The average molecular weight is 270 g/mol. The predicted octanol–water partition coefficient (Wildman–Crippen LogP) is 4.62. The Bertz CT molecular complexity index is 535. The molecule has 2 N–H and O–H groups in total. The average Bonchev–Trinajstić information content (AvgIpc) is 2.90. The lowest BCUT2D eigenvalue weighted by atomic mass is 9.83. The van der Waals surface area contributed by atoms with Gasteiger partial charge in [-0.05, 0) is 43.2 Å². The molecule has 0 amide bonds. The molecule has 20 heavy (non-hydrogen) atoms. The molecule has 0 unspecified atom stereocenters. The van der Waals surface area contributed by atoms with E-state index < -0.39 is 0 Å². The zero-order valence-corrected chi connectivity index (χ0v) is 12.5. The normalized spacial score (nSPS) is 23.2. The van der Waals surface area contributed by atoms with E-state index in [4.69, 9.17) is 0 Å². The molecule has 3 rings (SSSR count). The maximum absolute atomic E-state index is 3.76. The highest BCUT2D eigenvalue weighted by atomic mass is 14.9. The smallest absolute Gasteiger partial charge is 0.0457 e. The molecule has 0 bridgehead atoms. The third kappa shape index (κ3) is 3.06. The first-order chi connectivity index (χ1) is 9.86. The summed E-state index contributed by atoms with van der Waals surface area (Å²) < 4.78 is 0. The molecule has 1 aromatic heterocycles. The standard InChI is InChI=1S/C18H26N2/c1-2-5-14-8-10-16(11-9-14)19-12-15-13-20-18-7-4-3-6-17(15)18/h3-4,6-7,13-14,16,19-20H,2,5,8-12H2,1H3. The molecule has 1 fully saturated rings. The van der Waals surface area contributed by atoms with Crippen LogP contribution in [0.2, 0.25) is 0 Å². The molecular formula is C18H26N2. The molecule has 0 saturated heterocycles. The zero-order chi connectivity index (χ0) is 13.8. The van der Waals surface area contributed by atoms with Gasteiger partial charge in [-0.2, -0.15) is 0 Å². The number of para-hydroxylation sites is 1. The summed E-state index contributed by atoms with van der Waals surface area (Å²) >= 11 is 0. The van der Waals surface area contributed by atoms with E-state index in [1.54, 1.807) is 0 Å². The van der Waals surface area contributed by atoms with E-state index in [1.165, 1.54) is 55.0 Å². The molecule has 108 valence electrons. The number of aromatic amines is 1. The number of H-pyrrole nitrogens is 1. The predicted molar refractivity (Wildman–Crippen MR) is 85.8 cm³/mol. The number of rotatable bonds is 5. The van der Waals surface area contributed by atoms with Gasteiger partial charge in [0.05, 0.1) is 0 Å². The Morgan fingerprint density at radius 2 is 1.95 bits per heavy atom. The zero-order valence-electron chi connectivity index (χ0n) is 12.5. The molecule has 1 heterocycles. The molecule has 1 aliphatic rings. The first kappa shape index (κ1) is 13.7. The molecule has 0 atom stereocenters. The Morgan fingerprint density at radius 1 is 1.15 bits per heavy atom. The number of benzene rings is 1. The third-order valence-corrected chi connectivity index (χ3v) is 4.80. The van der Waals surface area contributed by atoms with E-state index in [9.17, 15) is 0 Å². The van der Waals surface area contributed by atoms with Crippen LogP contribution in [0.15, 0.2) is 30.5 Å². The lowest BCUT2D eigenvalue weighted by molar-refractivity contribution is 0.278. The van der Waals surface area contributed by atoms with Gasteiger partial charge in [-0.15, -0.1) is 0 Å². The van der Waals surface area contributed by atoms with E-state index in [0.717, 1.165) is 18.5 Å². The van der Waals surface area contributed by atoms with Gasteiger partial charge in [-0.1, -0.05) is 38.0 Å². The quantitative estimate of drug-likeness (QED) is 0.815. The van der Waals surface area contributed by atoms with Crippen molar-refractivity contribution in [3.8, 4) is 0 Å². The van der Waals surface area contributed by atoms with Crippen LogP contribution < -0.4 is 5.32 Å². The van der Waals surface area contributed by atoms with Crippen molar-refractivity contribution >= 4 is 10.9 Å². The summed E-state index contributed by atoms with van der Waals surface area (Å²) in [5, 5.41) is 5.12. The maximum atomic E-state index is 3.76. The van der Waals surface area contributed by atoms with Crippen molar-refractivity contribution in [3.05, 3.63) is 36.0 Å². The van der Waals surface area contributed by atoms with Crippen LogP contribution >= 0.6 is 0 Å². The van der Waals surface area contributed by atoms with Gasteiger partial charge < -0.3 is 10.3 Å². The van der Waals surface area contributed by atoms with Crippen LogP contribution in [0.4, 0.5) is 0 Å². The Kier molecular flexibility index (Phi) is 4.41. The first-order valence-corrected chi connectivity index (χ1v) is 8.15. The van der Waals surface area contributed by atoms with Gasteiger partial charge in [0.2, 0.25) is 0 Å². The summed E-state index contributed by atoms with van der Waals surface area (Å²) in [5.41, 5.74) is 2.65. The third-order valence-electron chi connectivity index (χ3n) is 4.80. The van der Waals surface area contributed by atoms with Gasteiger partial charge in [0.15, 0.2) is 0 Å².